The van der Waals surface area contributed by atoms with Gasteiger partial charge in [0.05, 0.1) is 12.6 Å². The number of benzene rings is 1. The molecule has 0 aliphatic rings. The van der Waals surface area contributed by atoms with Crippen LogP contribution in [0, 0.1) is 0 Å². The van der Waals surface area contributed by atoms with E-state index >= 15 is 0 Å². The number of ether oxygens (including phenoxy) is 1. The normalized spacial score (nSPS) is 12.7. The second kappa shape index (κ2) is 7.17. The van der Waals surface area contributed by atoms with Crippen molar-refractivity contribution in [3.63, 3.8) is 0 Å². The highest BCUT2D eigenvalue weighted by Crippen LogP contribution is 2.19. The van der Waals surface area contributed by atoms with Crippen LogP contribution in [0.15, 0.2) is 24.3 Å². The van der Waals surface area contributed by atoms with Gasteiger partial charge in [0.25, 0.3) is 0 Å². The van der Waals surface area contributed by atoms with E-state index in [0.29, 0.717) is 0 Å². The maximum atomic E-state index is 11.7. The molecular weight excluding hydrogens is 252 g/mol. The monoisotopic (exact) mass is 278 g/mol. The first-order valence-corrected chi connectivity index (χ1v) is 7.12. The number of hydrogen-bond acceptors (Lipinski definition) is 3. The Morgan fingerprint density at radius 2 is 2.05 bits per heavy atom. The van der Waals surface area contributed by atoms with Gasteiger partial charge in [-0.1, -0.05) is 13.0 Å². The van der Waals surface area contributed by atoms with Gasteiger partial charge in [0, 0.05) is 17.3 Å². The molecule has 0 heterocycles. The molecule has 1 unspecified atom stereocenters. The fraction of sp³-hybridized carbons (Fsp3) is 0.562. The average molecular weight is 278 g/mol. The van der Waals surface area contributed by atoms with Gasteiger partial charge in [-0.2, -0.15) is 0 Å². The van der Waals surface area contributed by atoms with Gasteiger partial charge in [0.2, 0.25) is 5.91 Å². The Hall–Kier alpha value is -1.71. The Morgan fingerprint density at radius 3 is 2.65 bits per heavy atom. The lowest BCUT2D eigenvalue weighted by Crippen LogP contribution is -2.43. The molecule has 1 aromatic carbocycles. The van der Waals surface area contributed by atoms with Crippen LogP contribution in [0.2, 0.25) is 0 Å². The molecule has 4 heteroatoms. The van der Waals surface area contributed by atoms with Crippen molar-refractivity contribution in [2.24, 2.45) is 0 Å². The summed E-state index contributed by atoms with van der Waals surface area (Å²) in [5, 5.41) is 6.02. The van der Waals surface area contributed by atoms with E-state index in [0.717, 1.165) is 17.9 Å². The lowest BCUT2D eigenvalue weighted by molar-refractivity contribution is -0.120. The van der Waals surface area contributed by atoms with Gasteiger partial charge in [-0.3, -0.25) is 4.79 Å². The maximum absolute atomic E-state index is 11.7. The zero-order valence-corrected chi connectivity index (χ0v) is 13.1. The first-order valence-electron chi connectivity index (χ1n) is 7.12. The number of carbonyl (C=O) groups excluding carboxylic acids is 1. The van der Waals surface area contributed by atoms with Gasteiger partial charge < -0.3 is 15.4 Å². The summed E-state index contributed by atoms with van der Waals surface area (Å²) in [7, 11) is 0. The van der Waals surface area contributed by atoms with Crippen molar-refractivity contribution >= 4 is 11.6 Å². The molecule has 1 rings (SSSR count). The zero-order chi connectivity index (χ0) is 15.2. The molecular formula is C16H26N2O2. The minimum absolute atomic E-state index is 0.0225. The van der Waals surface area contributed by atoms with E-state index in [1.807, 2.05) is 52.0 Å². The van der Waals surface area contributed by atoms with Gasteiger partial charge in [0.1, 0.15) is 5.75 Å². The molecule has 0 spiro atoms. The number of rotatable bonds is 6. The summed E-state index contributed by atoms with van der Waals surface area (Å²) < 4.78 is 5.75. The van der Waals surface area contributed by atoms with Crippen LogP contribution in [0.3, 0.4) is 0 Å². The van der Waals surface area contributed by atoms with E-state index in [4.69, 9.17) is 4.74 Å². The molecule has 0 saturated carbocycles. The van der Waals surface area contributed by atoms with Crippen molar-refractivity contribution in [3.05, 3.63) is 24.3 Å². The standard InChI is InChI=1S/C16H26N2O2/c1-6-12(2)20-14-9-7-8-13(10-14)17-11-15(19)18-16(3,4)5/h7-10,12,17H,6,11H2,1-5H3,(H,18,19). The summed E-state index contributed by atoms with van der Waals surface area (Å²) in [6.07, 6.45) is 1.15. The van der Waals surface area contributed by atoms with Gasteiger partial charge >= 0.3 is 0 Å². The highest BCUT2D eigenvalue weighted by molar-refractivity contribution is 5.81. The Balaban J connectivity index is 2.52. The third-order valence-electron chi connectivity index (χ3n) is 2.71. The van der Waals surface area contributed by atoms with E-state index in [1.165, 1.54) is 0 Å². The number of anilines is 1. The molecule has 1 atom stereocenters. The molecule has 0 radical (unpaired) electrons. The molecule has 20 heavy (non-hydrogen) atoms. The molecule has 2 N–H and O–H groups in total. The highest BCUT2D eigenvalue weighted by atomic mass is 16.5. The Kier molecular flexibility index (Phi) is 5.86. The Labute approximate surface area is 121 Å². The quantitative estimate of drug-likeness (QED) is 0.840. The van der Waals surface area contributed by atoms with E-state index in [1.54, 1.807) is 0 Å². The third kappa shape index (κ3) is 6.45. The Morgan fingerprint density at radius 1 is 1.35 bits per heavy atom. The number of nitrogens with one attached hydrogen (secondary N) is 2. The molecule has 0 fully saturated rings. The average Bonchev–Trinajstić information content (AvgIpc) is 2.34. The fourth-order valence-corrected chi connectivity index (χ4v) is 1.64. The van der Waals surface area contributed by atoms with Crippen molar-refractivity contribution in [2.45, 2.75) is 52.7 Å². The zero-order valence-electron chi connectivity index (χ0n) is 13.1. The molecule has 0 aromatic heterocycles. The maximum Gasteiger partial charge on any atom is 0.239 e. The molecule has 1 aromatic rings. The fourth-order valence-electron chi connectivity index (χ4n) is 1.64. The first kappa shape index (κ1) is 16.3. The van der Waals surface area contributed by atoms with Gasteiger partial charge in [-0.15, -0.1) is 0 Å². The predicted octanol–water partition coefficient (Wildman–Crippen LogP) is 3.19. The van der Waals surface area contributed by atoms with Crippen LogP contribution in [-0.4, -0.2) is 24.1 Å². The summed E-state index contributed by atoms with van der Waals surface area (Å²) in [5.74, 6) is 0.798. The topological polar surface area (TPSA) is 50.4 Å². The van der Waals surface area contributed by atoms with Crippen molar-refractivity contribution < 1.29 is 9.53 Å². The minimum atomic E-state index is -0.208. The molecule has 0 saturated heterocycles. The van der Waals surface area contributed by atoms with Crippen LogP contribution in [-0.2, 0) is 4.79 Å². The van der Waals surface area contributed by atoms with Crippen molar-refractivity contribution in [2.75, 3.05) is 11.9 Å². The van der Waals surface area contributed by atoms with E-state index in [2.05, 4.69) is 17.6 Å². The molecule has 112 valence electrons. The highest BCUT2D eigenvalue weighted by Gasteiger charge is 2.13. The largest absolute Gasteiger partial charge is 0.491 e. The van der Waals surface area contributed by atoms with Crippen molar-refractivity contribution in [1.82, 2.24) is 5.32 Å². The summed E-state index contributed by atoms with van der Waals surface area (Å²) in [5.41, 5.74) is 0.676. The molecule has 0 bridgehead atoms. The SMILES string of the molecule is CCC(C)Oc1cccc(NCC(=O)NC(C)(C)C)c1. The van der Waals surface area contributed by atoms with Gasteiger partial charge in [-0.25, -0.2) is 0 Å². The van der Waals surface area contributed by atoms with Crippen LogP contribution in [0.1, 0.15) is 41.0 Å². The predicted molar refractivity (Wildman–Crippen MR) is 83.2 cm³/mol. The lowest BCUT2D eigenvalue weighted by atomic mass is 10.1. The van der Waals surface area contributed by atoms with Crippen LogP contribution in [0.4, 0.5) is 5.69 Å². The summed E-state index contributed by atoms with van der Waals surface area (Å²) in [6.45, 7) is 10.3. The van der Waals surface area contributed by atoms with Crippen LogP contribution in [0.25, 0.3) is 0 Å². The van der Waals surface area contributed by atoms with Gasteiger partial charge in [-0.05, 0) is 46.2 Å². The molecule has 0 aliphatic heterocycles. The lowest BCUT2D eigenvalue weighted by Gasteiger charge is -2.21. The van der Waals surface area contributed by atoms with Crippen LogP contribution in [0.5, 0.6) is 5.75 Å². The summed E-state index contributed by atoms with van der Waals surface area (Å²) in [4.78, 5) is 11.7. The number of carbonyl (C=O) groups is 1. The van der Waals surface area contributed by atoms with E-state index in [-0.39, 0.29) is 24.1 Å². The summed E-state index contributed by atoms with van der Waals surface area (Å²) in [6, 6.07) is 7.68. The molecule has 4 nitrogen and oxygen atoms in total. The van der Waals surface area contributed by atoms with Crippen molar-refractivity contribution in [1.29, 1.82) is 0 Å². The first-order chi connectivity index (χ1) is 9.30. The summed E-state index contributed by atoms with van der Waals surface area (Å²) >= 11 is 0. The minimum Gasteiger partial charge on any atom is -0.491 e. The number of hydrogen-bond donors (Lipinski definition) is 2. The van der Waals surface area contributed by atoms with Crippen LogP contribution >= 0.6 is 0 Å². The van der Waals surface area contributed by atoms with Gasteiger partial charge in [0.15, 0.2) is 0 Å². The number of amides is 1. The van der Waals surface area contributed by atoms with E-state index < -0.39 is 0 Å². The van der Waals surface area contributed by atoms with Crippen LogP contribution < -0.4 is 15.4 Å². The molecule has 1 amide bonds. The van der Waals surface area contributed by atoms with Crippen molar-refractivity contribution in [3.8, 4) is 5.75 Å². The Bertz CT molecular complexity index is 438. The second-order valence-electron chi connectivity index (χ2n) is 6.02. The second-order valence-corrected chi connectivity index (χ2v) is 6.02. The smallest absolute Gasteiger partial charge is 0.239 e. The van der Waals surface area contributed by atoms with E-state index in [9.17, 15) is 4.79 Å². The third-order valence-corrected chi connectivity index (χ3v) is 2.71. The molecule has 0 aliphatic carbocycles.